The number of piperidine rings is 1. The Bertz CT molecular complexity index is 872. The van der Waals surface area contributed by atoms with Gasteiger partial charge in [0.2, 0.25) is 0 Å². The number of nitrogens with zero attached hydrogens (tertiary/aromatic N) is 2. The van der Waals surface area contributed by atoms with Crippen molar-refractivity contribution in [3.8, 4) is 0 Å². The summed E-state index contributed by atoms with van der Waals surface area (Å²) in [4.78, 5) is 15.9. The van der Waals surface area contributed by atoms with Gasteiger partial charge in [0.15, 0.2) is 0 Å². The summed E-state index contributed by atoms with van der Waals surface area (Å²) in [5.41, 5.74) is 0.779. The number of alkyl halides is 3. The normalized spacial score (nSPS) is 22.9. The molecule has 0 aliphatic carbocycles. The number of anilines is 1. The van der Waals surface area contributed by atoms with E-state index in [2.05, 4.69) is 29.2 Å². The van der Waals surface area contributed by atoms with Crippen LogP contribution >= 0.6 is 0 Å². The fourth-order valence-corrected chi connectivity index (χ4v) is 4.40. The fourth-order valence-electron chi connectivity index (χ4n) is 4.40. The van der Waals surface area contributed by atoms with Crippen molar-refractivity contribution in [3.63, 3.8) is 0 Å². The van der Waals surface area contributed by atoms with Crippen LogP contribution in [0.15, 0.2) is 54.6 Å². The van der Waals surface area contributed by atoms with Crippen molar-refractivity contribution in [1.29, 1.82) is 0 Å². The summed E-state index contributed by atoms with van der Waals surface area (Å²) in [5.74, 6) is 0.554. The smallest absolute Gasteiger partial charge is 0.416 e. The van der Waals surface area contributed by atoms with Crippen LogP contribution in [-0.2, 0) is 17.3 Å². The number of likely N-dealkylation sites (tertiary alicyclic amines) is 1. The van der Waals surface area contributed by atoms with E-state index in [0.717, 1.165) is 38.1 Å². The number of hydrogen-bond donors (Lipinski definition) is 0. The molecule has 2 atom stereocenters. The summed E-state index contributed by atoms with van der Waals surface area (Å²) in [6.45, 7) is 2.75. The van der Waals surface area contributed by atoms with Gasteiger partial charge in [-0.3, -0.25) is 9.80 Å². The van der Waals surface area contributed by atoms with E-state index in [1.54, 1.807) is 0 Å². The van der Waals surface area contributed by atoms with Gasteiger partial charge in [0.05, 0.1) is 12.1 Å². The van der Waals surface area contributed by atoms with Crippen LogP contribution in [0.2, 0.25) is 0 Å². The van der Waals surface area contributed by atoms with Gasteiger partial charge in [-0.2, -0.15) is 13.2 Å². The molecule has 2 aliphatic rings. The van der Waals surface area contributed by atoms with E-state index in [9.17, 15) is 18.0 Å². The van der Waals surface area contributed by atoms with E-state index in [-0.39, 0.29) is 18.3 Å². The molecule has 0 bridgehead atoms. The summed E-state index contributed by atoms with van der Waals surface area (Å²) < 4.78 is 44.4. The summed E-state index contributed by atoms with van der Waals surface area (Å²) in [6, 6.07) is 15.2. The number of carbonyl (C=O) groups excluding carboxylic acids is 1. The number of ether oxygens (including phenoxy) is 1. The van der Waals surface area contributed by atoms with Crippen LogP contribution in [0.1, 0.15) is 24.0 Å². The highest BCUT2D eigenvalue weighted by atomic mass is 19.4. The molecule has 0 radical (unpaired) electrons. The number of benzene rings is 2. The fraction of sp³-hybridized carbons (Fsp3) is 0.435. The van der Waals surface area contributed by atoms with Crippen LogP contribution in [0.4, 0.5) is 23.7 Å². The standard InChI is InChI=1S/C23H25F3N2O2/c24-23(25,26)19-9-4-10-20(13-19)28-16-21(30-22(28)29)15-27-11-5-8-18(14-27)12-17-6-2-1-3-7-17/h1-4,6-7,9-10,13,18,21H,5,8,11-12,14-16H2. The average Bonchev–Trinajstić information content (AvgIpc) is 3.08. The lowest BCUT2D eigenvalue weighted by molar-refractivity contribution is -0.137. The van der Waals surface area contributed by atoms with Crippen molar-refractivity contribution < 1.29 is 22.7 Å². The van der Waals surface area contributed by atoms with Gasteiger partial charge in [0.1, 0.15) is 6.10 Å². The third-order valence-corrected chi connectivity index (χ3v) is 5.79. The molecule has 2 fully saturated rings. The lowest BCUT2D eigenvalue weighted by Gasteiger charge is -2.33. The molecule has 0 N–H and O–H groups in total. The van der Waals surface area contributed by atoms with E-state index >= 15 is 0 Å². The molecule has 0 spiro atoms. The summed E-state index contributed by atoms with van der Waals surface area (Å²) in [7, 11) is 0. The molecule has 2 saturated heterocycles. The van der Waals surface area contributed by atoms with Crippen molar-refractivity contribution in [2.75, 3.05) is 31.1 Å². The zero-order valence-corrected chi connectivity index (χ0v) is 16.6. The highest BCUT2D eigenvalue weighted by Gasteiger charge is 2.36. The van der Waals surface area contributed by atoms with Gasteiger partial charge in [-0.1, -0.05) is 36.4 Å². The molecule has 4 rings (SSSR count). The van der Waals surface area contributed by atoms with Gasteiger partial charge in [-0.25, -0.2) is 4.79 Å². The lowest BCUT2D eigenvalue weighted by Crippen LogP contribution is -2.41. The minimum atomic E-state index is -4.44. The van der Waals surface area contributed by atoms with Gasteiger partial charge in [0.25, 0.3) is 0 Å². The van der Waals surface area contributed by atoms with Gasteiger partial charge in [-0.15, -0.1) is 0 Å². The molecular weight excluding hydrogens is 393 g/mol. The zero-order valence-electron chi connectivity index (χ0n) is 16.6. The quantitative estimate of drug-likeness (QED) is 0.686. The van der Waals surface area contributed by atoms with Crippen molar-refractivity contribution in [2.45, 2.75) is 31.5 Å². The topological polar surface area (TPSA) is 32.8 Å². The molecule has 2 heterocycles. The van der Waals surface area contributed by atoms with Crippen LogP contribution in [0, 0.1) is 5.92 Å². The third kappa shape index (κ3) is 4.95. The Morgan fingerprint density at radius 2 is 1.83 bits per heavy atom. The maximum Gasteiger partial charge on any atom is 0.416 e. The van der Waals surface area contributed by atoms with Crippen LogP contribution in [0.25, 0.3) is 0 Å². The van der Waals surface area contributed by atoms with Gasteiger partial charge in [-0.05, 0) is 55.5 Å². The Morgan fingerprint density at radius 3 is 2.60 bits per heavy atom. The first-order valence-electron chi connectivity index (χ1n) is 10.3. The number of cyclic esters (lactones) is 1. The molecule has 0 aromatic heterocycles. The molecule has 30 heavy (non-hydrogen) atoms. The molecular formula is C23H25F3N2O2. The molecule has 2 aliphatic heterocycles. The van der Waals surface area contributed by atoms with E-state index in [1.807, 2.05) is 6.07 Å². The number of carbonyl (C=O) groups is 1. The van der Waals surface area contributed by atoms with Crippen molar-refractivity contribution in [3.05, 3.63) is 65.7 Å². The largest absolute Gasteiger partial charge is 0.443 e. The Hall–Kier alpha value is -2.54. The second kappa shape index (κ2) is 8.68. The van der Waals surface area contributed by atoms with E-state index in [4.69, 9.17) is 4.74 Å². The second-order valence-corrected chi connectivity index (χ2v) is 8.12. The predicted molar refractivity (Wildman–Crippen MR) is 108 cm³/mol. The van der Waals surface area contributed by atoms with E-state index in [0.29, 0.717) is 12.5 Å². The summed E-state index contributed by atoms with van der Waals surface area (Å²) in [5, 5.41) is 0. The lowest BCUT2D eigenvalue weighted by atomic mass is 9.91. The average molecular weight is 418 g/mol. The van der Waals surface area contributed by atoms with Crippen molar-refractivity contribution in [2.24, 2.45) is 5.92 Å². The molecule has 4 nitrogen and oxygen atoms in total. The first kappa shape index (κ1) is 20.7. The van der Waals surface area contributed by atoms with Crippen LogP contribution in [-0.4, -0.2) is 43.3 Å². The monoisotopic (exact) mass is 418 g/mol. The molecule has 2 unspecified atom stereocenters. The predicted octanol–water partition coefficient (Wildman–Crippen LogP) is 4.99. The van der Waals surface area contributed by atoms with E-state index < -0.39 is 17.8 Å². The number of amides is 1. The number of rotatable bonds is 5. The summed E-state index contributed by atoms with van der Waals surface area (Å²) in [6.07, 6.45) is -2.08. The Morgan fingerprint density at radius 1 is 1.03 bits per heavy atom. The van der Waals surface area contributed by atoms with Crippen molar-refractivity contribution >= 4 is 11.8 Å². The minimum absolute atomic E-state index is 0.220. The highest BCUT2D eigenvalue weighted by molar-refractivity contribution is 5.89. The Balaban J connectivity index is 1.35. The maximum absolute atomic E-state index is 13.0. The minimum Gasteiger partial charge on any atom is -0.443 e. The zero-order chi connectivity index (χ0) is 21.1. The first-order chi connectivity index (χ1) is 14.4. The van der Waals surface area contributed by atoms with Crippen LogP contribution < -0.4 is 4.90 Å². The summed E-state index contributed by atoms with van der Waals surface area (Å²) >= 11 is 0. The molecule has 160 valence electrons. The first-order valence-corrected chi connectivity index (χ1v) is 10.3. The van der Waals surface area contributed by atoms with Gasteiger partial charge in [0, 0.05) is 18.8 Å². The third-order valence-electron chi connectivity index (χ3n) is 5.79. The number of halogens is 3. The molecule has 0 saturated carbocycles. The Kier molecular flexibility index (Phi) is 5.99. The van der Waals surface area contributed by atoms with E-state index in [1.165, 1.54) is 29.0 Å². The molecule has 2 aromatic rings. The van der Waals surface area contributed by atoms with Gasteiger partial charge < -0.3 is 4.74 Å². The highest BCUT2D eigenvalue weighted by Crippen LogP contribution is 2.33. The SMILES string of the molecule is O=C1OC(CN2CCCC(Cc3ccccc3)C2)CN1c1cccc(C(F)(F)F)c1. The maximum atomic E-state index is 13.0. The second-order valence-electron chi connectivity index (χ2n) is 8.12. The van der Waals surface area contributed by atoms with Gasteiger partial charge >= 0.3 is 12.3 Å². The van der Waals surface area contributed by atoms with Crippen molar-refractivity contribution in [1.82, 2.24) is 4.90 Å². The number of hydrogen-bond acceptors (Lipinski definition) is 3. The molecule has 1 amide bonds. The molecule has 7 heteroatoms. The Labute approximate surface area is 174 Å². The van der Waals surface area contributed by atoms with Crippen LogP contribution in [0.5, 0.6) is 0 Å². The van der Waals surface area contributed by atoms with Crippen LogP contribution in [0.3, 0.4) is 0 Å². The molecule has 2 aromatic carbocycles.